The largest absolute Gasteiger partial charge is 0.494 e. The van der Waals surface area contributed by atoms with Crippen molar-refractivity contribution in [2.75, 3.05) is 11.3 Å². The third kappa shape index (κ3) is 3.60. The highest BCUT2D eigenvalue weighted by atomic mass is 32.2. The van der Waals surface area contributed by atoms with Crippen molar-refractivity contribution in [1.82, 2.24) is 4.98 Å². The number of nitrogens with one attached hydrogen (secondary N) is 1. The highest BCUT2D eigenvalue weighted by Gasteiger charge is 2.20. The Morgan fingerprint density at radius 3 is 2.77 bits per heavy atom. The van der Waals surface area contributed by atoms with Crippen LogP contribution in [0.1, 0.15) is 17.3 Å². The predicted octanol–water partition coefficient (Wildman–Crippen LogP) is 3.33. The van der Waals surface area contributed by atoms with Crippen LogP contribution in [-0.2, 0) is 10.0 Å². The second kappa shape index (κ2) is 6.89. The predicted molar refractivity (Wildman–Crippen MR) is 95.0 cm³/mol. The Hall–Kier alpha value is -2.72. The van der Waals surface area contributed by atoms with Gasteiger partial charge in [-0.25, -0.2) is 22.6 Å². The quantitative estimate of drug-likeness (QED) is 0.662. The number of carboxylic acid groups (broad SMARTS) is 1. The normalized spacial score (nSPS) is 11.5. The molecule has 7 nitrogen and oxygen atoms in total. The molecule has 0 fully saturated rings. The van der Waals surface area contributed by atoms with Crippen LogP contribution in [0.5, 0.6) is 5.75 Å². The average molecular weight is 396 g/mol. The number of benzene rings is 2. The van der Waals surface area contributed by atoms with Crippen LogP contribution < -0.4 is 9.46 Å². The molecule has 0 saturated carbocycles. The van der Waals surface area contributed by atoms with E-state index in [4.69, 9.17) is 9.84 Å². The van der Waals surface area contributed by atoms with Crippen molar-refractivity contribution >= 4 is 42.7 Å². The van der Waals surface area contributed by atoms with Crippen molar-refractivity contribution in [3.05, 3.63) is 47.8 Å². The molecule has 2 aromatic carbocycles. The molecule has 0 aliphatic carbocycles. The minimum atomic E-state index is -4.12. The van der Waals surface area contributed by atoms with E-state index in [9.17, 15) is 17.6 Å². The molecule has 0 saturated heterocycles. The molecule has 10 heteroatoms. The number of anilines is 1. The van der Waals surface area contributed by atoms with Crippen LogP contribution in [0.15, 0.2) is 41.3 Å². The Morgan fingerprint density at radius 2 is 2.08 bits per heavy atom. The van der Waals surface area contributed by atoms with E-state index in [1.54, 1.807) is 18.2 Å². The Bertz CT molecular complexity index is 1100. The number of carboxylic acids is 1. The van der Waals surface area contributed by atoms with E-state index in [1.165, 1.54) is 0 Å². The van der Waals surface area contributed by atoms with Gasteiger partial charge in [0.05, 0.1) is 27.3 Å². The second-order valence-corrected chi connectivity index (χ2v) is 7.85. The number of hydrogen-bond acceptors (Lipinski definition) is 6. The highest BCUT2D eigenvalue weighted by molar-refractivity contribution is 7.93. The summed E-state index contributed by atoms with van der Waals surface area (Å²) in [5, 5.41) is 9.04. The first kappa shape index (κ1) is 18.1. The van der Waals surface area contributed by atoms with Gasteiger partial charge in [0.25, 0.3) is 10.0 Å². The van der Waals surface area contributed by atoms with Gasteiger partial charge >= 0.3 is 5.97 Å². The van der Waals surface area contributed by atoms with Gasteiger partial charge in [-0.05, 0) is 43.3 Å². The molecule has 0 amide bonds. The molecule has 1 heterocycles. The van der Waals surface area contributed by atoms with E-state index in [2.05, 4.69) is 9.71 Å². The number of fused-ring (bicyclic) bond motifs is 1. The smallest absolute Gasteiger partial charge is 0.338 e. The second-order valence-electron chi connectivity index (χ2n) is 5.13. The fourth-order valence-electron chi connectivity index (χ4n) is 2.21. The zero-order valence-electron chi connectivity index (χ0n) is 13.4. The lowest BCUT2D eigenvalue weighted by molar-refractivity contribution is 0.0691. The van der Waals surface area contributed by atoms with E-state index >= 15 is 0 Å². The zero-order valence-corrected chi connectivity index (χ0v) is 15.0. The van der Waals surface area contributed by atoms with E-state index in [0.29, 0.717) is 17.9 Å². The molecular formula is C16H13FN2O5S2. The number of rotatable bonds is 6. The van der Waals surface area contributed by atoms with Crippen LogP contribution in [0.2, 0.25) is 0 Å². The van der Waals surface area contributed by atoms with Crippen molar-refractivity contribution in [2.45, 2.75) is 11.8 Å². The summed E-state index contributed by atoms with van der Waals surface area (Å²) in [6, 6.07) is 7.72. The van der Waals surface area contributed by atoms with Crippen molar-refractivity contribution < 1.29 is 27.4 Å². The number of ether oxygens (including phenoxy) is 1. The molecule has 1 aromatic heterocycles. The number of aromatic carboxylic acids is 1. The molecule has 0 aliphatic heterocycles. The van der Waals surface area contributed by atoms with E-state index in [-0.39, 0.29) is 10.0 Å². The Labute approximate surface area is 152 Å². The van der Waals surface area contributed by atoms with Gasteiger partial charge in [0.15, 0.2) is 5.13 Å². The van der Waals surface area contributed by atoms with Crippen molar-refractivity contribution in [2.24, 2.45) is 0 Å². The molecule has 0 atom stereocenters. The van der Waals surface area contributed by atoms with Crippen molar-refractivity contribution in [1.29, 1.82) is 0 Å². The molecule has 3 aromatic rings. The number of nitrogens with zero attached hydrogens (tertiary/aromatic N) is 1. The molecule has 0 aliphatic rings. The maximum Gasteiger partial charge on any atom is 0.338 e. The minimum absolute atomic E-state index is 0.106. The fraction of sp³-hybridized carbons (Fsp3) is 0.125. The summed E-state index contributed by atoms with van der Waals surface area (Å²) in [6.45, 7) is 2.35. The SMILES string of the molecule is CCOc1ccc2nc(NS(=O)(=O)c3ccc(F)c(C(=O)O)c3)sc2c1. The van der Waals surface area contributed by atoms with Gasteiger partial charge in [-0.3, -0.25) is 4.72 Å². The molecule has 0 radical (unpaired) electrons. The molecule has 0 bridgehead atoms. The molecule has 3 rings (SSSR count). The summed E-state index contributed by atoms with van der Waals surface area (Å²) in [7, 11) is -4.12. The zero-order chi connectivity index (χ0) is 18.9. The average Bonchev–Trinajstić information content (AvgIpc) is 2.95. The van der Waals surface area contributed by atoms with Gasteiger partial charge in [-0.1, -0.05) is 11.3 Å². The van der Waals surface area contributed by atoms with Crippen LogP contribution in [-0.4, -0.2) is 31.1 Å². The third-order valence-electron chi connectivity index (χ3n) is 3.37. The summed E-state index contributed by atoms with van der Waals surface area (Å²) in [4.78, 5) is 14.8. The number of thiazole rings is 1. The van der Waals surface area contributed by atoms with Crippen LogP contribution in [0.3, 0.4) is 0 Å². The minimum Gasteiger partial charge on any atom is -0.494 e. The monoisotopic (exact) mass is 396 g/mol. The van der Waals surface area contributed by atoms with Crippen LogP contribution in [0, 0.1) is 5.82 Å². The molecule has 0 spiro atoms. The Morgan fingerprint density at radius 1 is 1.31 bits per heavy atom. The van der Waals surface area contributed by atoms with Gasteiger partial charge in [0, 0.05) is 0 Å². The van der Waals surface area contributed by atoms with Crippen molar-refractivity contribution in [3.8, 4) is 5.75 Å². The molecule has 136 valence electrons. The summed E-state index contributed by atoms with van der Waals surface area (Å²) in [5.41, 5.74) is -0.139. The van der Waals surface area contributed by atoms with E-state index in [0.717, 1.165) is 34.2 Å². The first-order valence-electron chi connectivity index (χ1n) is 7.39. The van der Waals surface area contributed by atoms with Crippen LogP contribution in [0.4, 0.5) is 9.52 Å². The molecular weight excluding hydrogens is 383 g/mol. The topological polar surface area (TPSA) is 106 Å². The van der Waals surface area contributed by atoms with Gasteiger partial charge in [0.2, 0.25) is 0 Å². The maximum atomic E-state index is 13.5. The van der Waals surface area contributed by atoms with Gasteiger partial charge in [-0.2, -0.15) is 0 Å². The Balaban J connectivity index is 1.93. The molecule has 2 N–H and O–H groups in total. The summed E-state index contributed by atoms with van der Waals surface area (Å²) in [6.07, 6.45) is 0. The van der Waals surface area contributed by atoms with Crippen LogP contribution >= 0.6 is 11.3 Å². The van der Waals surface area contributed by atoms with Crippen molar-refractivity contribution in [3.63, 3.8) is 0 Å². The van der Waals surface area contributed by atoms with Gasteiger partial charge in [-0.15, -0.1) is 0 Å². The number of hydrogen-bond donors (Lipinski definition) is 2. The van der Waals surface area contributed by atoms with Gasteiger partial charge in [0.1, 0.15) is 11.6 Å². The van der Waals surface area contributed by atoms with E-state index < -0.39 is 27.4 Å². The maximum absolute atomic E-state index is 13.5. The summed E-state index contributed by atoms with van der Waals surface area (Å²) < 4.78 is 46.8. The fourth-order valence-corrected chi connectivity index (χ4v) is 4.37. The molecule has 0 unspecified atom stereocenters. The lowest BCUT2D eigenvalue weighted by Crippen LogP contribution is -2.14. The number of carbonyl (C=O) groups is 1. The third-order valence-corrected chi connectivity index (χ3v) is 5.77. The lowest BCUT2D eigenvalue weighted by atomic mass is 10.2. The first-order chi connectivity index (χ1) is 12.3. The summed E-state index contributed by atoms with van der Waals surface area (Å²) in [5.74, 6) is -1.93. The Kier molecular flexibility index (Phi) is 4.79. The molecule has 26 heavy (non-hydrogen) atoms. The number of halogens is 1. The lowest BCUT2D eigenvalue weighted by Gasteiger charge is -2.06. The first-order valence-corrected chi connectivity index (χ1v) is 9.69. The summed E-state index contributed by atoms with van der Waals surface area (Å²) >= 11 is 1.10. The number of aromatic nitrogens is 1. The standard InChI is InChI=1S/C16H13FN2O5S2/c1-2-24-9-3-6-13-14(7-9)25-16(18-13)19-26(22,23)10-4-5-12(17)11(8-10)15(20)21/h3-8H,2H2,1H3,(H,18,19)(H,20,21). The van der Waals surface area contributed by atoms with E-state index in [1.807, 2.05) is 6.92 Å². The number of sulfonamides is 1. The van der Waals surface area contributed by atoms with Crippen LogP contribution in [0.25, 0.3) is 10.2 Å². The highest BCUT2D eigenvalue weighted by Crippen LogP contribution is 2.30. The van der Waals surface area contributed by atoms with Gasteiger partial charge < -0.3 is 9.84 Å².